The van der Waals surface area contributed by atoms with Crippen LogP contribution in [0.15, 0.2) is 0 Å². The molecule has 1 aliphatic carbocycles. The molecule has 136 valence electrons. The largest absolute Gasteiger partial charge is 0.481 e. The smallest absolute Gasteiger partial charge is 0.305 e. The summed E-state index contributed by atoms with van der Waals surface area (Å²) in [6, 6.07) is -1.11. The van der Waals surface area contributed by atoms with E-state index in [4.69, 9.17) is 9.84 Å². The van der Waals surface area contributed by atoms with E-state index in [1.807, 2.05) is 0 Å². The zero-order chi connectivity index (χ0) is 17.5. The van der Waals surface area contributed by atoms with Gasteiger partial charge >= 0.3 is 5.97 Å². The summed E-state index contributed by atoms with van der Waals surface area (Å²) in [6.07, 6.45) is 6.09. The lowest BCUT2D eigenvalue weighted by Gasteiger charge is -2.36. The Morgan fingerprint density at radius 1 is 1.21 bits per heavy atom. The van der Waals surface area contributed by atoms with Crippen LogP contribution in [0.2, 0.25) is 0 Å². The number of carboxylic acid groups (broad SMARTS) is 1. The van der Waals surface area contributed by atoms with Crippen LogP contribution in [0, 0.1) is 5.92 Å². The molecule has 0 aromatic carbocycles. The van der Waals surface area contributed by atoms with Gasteiger partial charge in [-0.15, -0.1) is 0 Å². The van der Waals surface area contributed by atoms with Crippen molar-refractivity contribution in [2.75, 3.05) is 19.8 Å². The molecule has 1 aliphatic heterocycles. The zero-order valence-corrected chi connectivity index (χ0v) is 14.3. The lowest BCUT2D eigenvalue weighted by Crippen LogP contribution is -2.55. The fourth-order valence-electron chi connectivity index (χ4n) is 3.58. The summed E-state index contributed by atoms with van der Waals surface area (Å²) >= 11 is 0. The molecule has 0 spiro atoms. The molecular formula is C17H28N2O5. The van der Waals surface area contributed by atoms with E-state index in [0.29, 0.717) is 25.5 Å². The number of hydrogen-bond acceptors (Lipinski definition) is 4. The molecule has 2 aliphatic rings. The molecule has 2 unspecified atom stereocenters. The number of amides is 2. The maximum Gasteiger partial charge on any atom is 0.305 e. The van der Waals surface area contributed by atoms with Crippen LogP contribution in [-0.4, -0.2) is 59.6 Å². The number of ether oxygens (including phenoxy) is 1. The minimum Gasteiger partial charge on any atom is -0.481 e. The molecule has 1 saturated carbocycles. The molecule has 1 saturated heterocycles. The molecule has 0 aromatic heterocycles. The van der Waals surface area contributed by atoms with Crippen molar-refractivity contribution in [3.05, 3.63) is 0 Å². The Bertz CT molecular complexity index is 462. The van der Waals surface area contributed by atoms with Crippen molar-refractivity contribution in [2.45, 2.75) is 64.0 Å². The van der Waals surface area contributed by atoms with Crippen molar-refractivity contribution in [1.29, 1.82) is 0 Å². The van der Waals surface area contributed by atoms with Crippen molar-refractivity contribution in [2.24, 2.45) is 5.92 Å². The minimum absolute atomic E-state index is 0.0919. The van der Waals surface area contributed by atoms with Crippen LogP contribution in [0.5, 0.6) is 0 Å². The molecule has 0 bridgehead atoms. The molecule has 0 aromatic rings. The predicted octanol–water partition coefficient (Wildman–Crippen LogP) is 1.16. The van der Waals surface area contributed by atoms with Gasteiger partial charge in [-0.05, 0) is 25.7 Å². The number of morpholine rings is 1. The Morgan fingerprint density at radius 3 is 2.58 bits per heavy atom. The second-order valence-corrected chi connectivity index (χ2v) is 6.86. The second-order valence-electron chi connectivity index (χ2n) is 6.86. The summed E-state index contributed by atoms with van der Waals surface area (Å²) in [5.41, 5.74) is 0. The average molecular weight is 340 g/mol. The highest BCUT2D eigenvalue weighted by Gasteiger charge is 2.32. The number of hydrogen-bond donors (Lipinski definition) is 2. The number of rotatable bonds is 6. The summed E-state index contributed by atoms with van der Waals surface area (Å²) in [7, 11) is 0. The average Bonchev–Trinajstić information content (AvgIpc) is 2.55. The highest BCUT2D eigenvalue weighted by atomic mass is 16.5. The van der Waals surface area contributed by atoms with Crippen molar-refractivity contribution in [1.82, 2.24) is 10.2 Å². The molecule has 2 amide bonds. The van der Waals surface area contributed by atoms with Gasteiger partial charge < -0.3 is 20.1 Å². The van der Waals surface area contributed by atoms with Gasteiger partial charge in [0.1, 0.15) is 6.04 Å². The highest BCUT2D eigenvalue weighted by molar-refractivity contribution is 5.88. The van der Waals surface area contributed by atoms with Gasteiger partial charge in [0.05, 0.1) is 25.7 Å². The first-order valence-corrected chi connectivity index (χ1v) is 8.86. The van der Waals surface area contributed by atoms with Crippen LogP contribution in [-0.2, 0) is 19.1 Å². The molecule has 7 nitrogen and oxygen atoms in total. The van der Waals surface area contributed by atoms with Crippen molar-refractivity contribution >= 4 is 17.8 Å². The van der Waals surface area contributed by atoms with Gasteiger partial charge in [0, 0.05) is 13.0 Å². The first kappa shape index (κ1) is 18.7. The summed E-state index contributed by atoms with van der Waals surface area (Å²) in [4.78, 5) is 37.2. The zero-order valence-electron chi connectivity index (χ0n) is 14.3. The van der Waals surface area contributed by atoms with E-state index < -0.39 is 18.1 Å². The van der Waals surface area contributed by atoms with E-state index in [0.717, 1.165) is 12.8 Å². The number of aliphatic carboxylic acids is 1. The first-order valence-electron chi connectivity index (χ1n) is 8.86. The Balaban J connectivity index is 1.85. The molecule has 2 rings (SSSR count). The fraction of sp³-hybridized carbons (Fsp3) is 0.824. The SMILES string of the molecule is CC(NC(=O)CC1CCCCC1)C(=O)N1CCOCC1CC(=O)O. The van der Waals surface area contributed by atoms with Crippen molar-refractivity contribution in [3.63, 3.8) is 0 Å². The van der Waals surface area contributed by atoms with Gasteiger partial charge in [-0.25, -0.2) is 0 Å². The van der Waals surface area contributed by atoms with Crippen molar-refractivity contribution in [3.8, 4) is 0 Å². The Morgan fingerprint density at radius 2 is 1.92 bits per heavy atom. The van der Waals surface area contributed by atoms with Crippen LogP contribution in [0.4, 0.5) is 0 Å². The molecular weight excluding hydrogens is 312 g/mol. The topological polar surface area (TPSA) is 95.9 Å². The Kier molecular flexibility index (Phi) is 7.02. The quantitative estimate of drug-likeness (QED) is 0.756. The number of nitrogens with zero attached hydrogens (tertiary/aromatic N) is 1. The molecule has 7 heteroatoms. The normalized spacial score (nSPS) is 23.5. The van der Waals surface area contributed by atoms with Gasteiger partial charge in [0.25, 0.3) is 0 Å². The van der Waals surface area contributed by atoms with E-state index in [2.05, 4.69) is 5.32 Å². The summed E-state index contributed by atoms with van der Waals surface area (Å²) in [5, 5.41) is 11.7. The maximum atomic E-state index is 12.6. The summed E-state index contributed by atoms with van der Waals surface area (Å²) in [6.45, 7) is 2.64. The second kappa shape index (κ2) is 9.01. The predicted molar refractivity (Wildman–Crippen MR) is 87.4 cm³/mol. The number of nitrogens with one attached hydrogen (secondary N) is 1. The third-order valence-corrected chi connectivity index (χ3v) is 4.87. The molecule has 24 heavy (non-hydrogen) atoms. The molecule has 2 fully saturated rings. The van der Waals surface area contributed by atoms with Crippen LogP contribution in [0.1, 0.15) is 51.9 Å². The van der Waals surface area contributed by atoms with Gasteiger partial charge in [-0.2, -0.15) is 0 Å². The van der Waals surface area contributed by atoms with E-state index in [1.165, 1.54) is 24.2 Å². The fourth-order valence-corrected chi connectivity index (χ4v) is 3.58. The van der Waals surface area contributed by atoms with E-state index in [9.17, 15) is 14.4 Å². The van der Waals surface area contributed by atoms with Gasteiger partial charge in [-0.1, -0.05) is 19.3 Å². The lowest BCUT2D eigenvalue weighted by atomic mass is 9.87. The van der Waals surface area contributed by atoms with E-state index in [1.54, 1.807) is 6.92 Å². The molecule has 0 radical (unpaired) electrons. The maximum absolute atomic E-state index is 12.6. The standard InChI is InChI=1S/C17H28N2O5/c1-12(18-15(20)9-13-5-3-2-4-6-13)17(23)19-7-8-24-11-14(19)10-16(21)22/h12-14H,2-11H2,1H3,(H,18,20)(H,21,22). The lowest BCUT2D eigenvalue weighted by molar-refractivity contribution is -0.148. The monoisotopic (exact) mass is 340 g/mol. The number of carbonyl (C=O) groups excluding carboxylic acids is 2. The highest BCUT2D eigenvalue weighted by Crippen LogP contribution is 2.26. The minimum atomic E-state index is -0.961. The number of carbonyl (C=O) groups is 3. The number of carboxylic acids is 1. The Labute approximate surface area is 142 Å². The van der Waals surface area contributed by atoms with Crippen molar-refractivity contribution < 1.29 is 24.2 Å². The summed E-state index contributed by atoms with van der Waals surface area (Å²) < 4.78 is 5.28. The molecule has 2 N–H and O–H groups in total. The van der Waals surface area contributed by atoms with Gasteiger partial charge in [0.15, 0.2) is 0 Å². The van der Waals surface area contributed by atoms with E-state index >= 15 is 0 Å². The summed E-state index contributed by atoms with van der Waals surface area (Å²) in [5.74, 6) is -0.867. The van der Waals surface area contributed by atoms with Crippen LogP contribution < -0.4 is 5.32 Å². The van der Waals surface area contributed by atoms with Gasteiger partial charge in [0.2, 0.25) is 11.8 Å². The Hall–Kier alpha value is -1.63. The van der Waals surface area contributed by atoms with Gasteiger partial charge in [-0.3, -0.25) is 14.4 Å². The molecule has 1 heterocycles. The first-order chi connectivity index (χ1) is 11.5. The third kappa shape index (κ3) is 5.47. The van der Waals surface area contributed by atoms with Crippen LogP contribution in [0.3, 0.4) is 0 Å². The molecule has 2 atom stereocenters. The van der Waals surface area contributed by atoms with Crippen LogP contribution in [0.25, 0.3) is 0 Å². The van der Waals surface area contributed by atoms with Crippen LogP contribution >= 0.6 is 0 Å². The third-order valence-electron chi connectivity index (χ3n) is 4.87. The van der Waals surface area contributed by atoms with E-state index in [-0.39, 0.29) is 24.8 Å².